The number of piperidine rings is 1. The third kappa shape index (κ3) is 5.52. The van der Waals surface area contributed by atoms with Crippen molar-refractivity contribution in [2.24, 2.45) is 11.7 Å². The van der Waals surface area contributed by atoms with Gasteiger partial charge in [0.25, 0.3) is 0 Å². The predicted molar refractivity (Wildman–Crippen MR) is 153 cm³/mol. The Kier molecular flexibility index (Phi) is 7.28. The molecular weight excluding hydrogens is 491 g/mol. The Bertz CT molecular complexity index is 1330. The molecule has 0 unspecified atom stereocenters. The van der Waals surface area contributed by atoms with Gasteiger partial charge in [0, 0.05) is 49.6 Å². The molecule has 2 aliphatic heterocycles. The van der Waals surface area contributed by atoms with Gasteiger partial charge in [-0.3, -0.25) is 0 Å². The summed E-state index contributed by atoms with van der Waals surface area (Å²) in [4.78, 5) is 5.70. The summed E-state index contributed by atoms with van der Waals surface area (Å²) in [6, 6.07) is 15.4. The fraction of sp³-hybridized carbons (Fsp3) is 0.484. The monoisotopic (exact) mass is 528 g/mol. The van der Waals surface area contributed by atoms with Crippen molar-refractivity contribution in [3.8, 4) is 16.9 Å². The van der Waals surface area contributed by atoms with Gasteiger partial charge in [-0.15, -0.1) is 5.10 Å². The minimum atomic E-state index is -0.523. The summed E-state index contributed by atoms with van der Waals surface area (Å²) in [5.74, 6) is 0.751. The minimum absolute atomic E-state index is 0.0208. The van der Waals surface area contributed by atoms with E-state index in [0.29, 0.717) is 11.5 Å². The highest BCUT2D eigenvalue weighted by molar-refractivity contribution is 5.69. The summed E-state index contributed by atoms with van der Waals surface area (Å²) in [5.41, 5.74) is 9.88. The zero-order valence-electron chi connectivity index (χ0n) is 22.4. The van der Waals surface area contributed by atoms with Crippen LogP contribution in [0.3, 0.4) is 0 Å². The zero-order valence-corrected chi connectivity index (χ0v) is 22.4. The van der Waals surface area contributed by atoms with Crippen molar-refractivity contribution in [3.05, 3.63) is 65.8 Å². The molecule has 3 heterocycles. The maximum absolute atomic E-state index is 14.6. The summed E-state index contributed by atoms with van der Waals surface area (Å²) >= 11 is 0. The van der Waals surface area contributed by atoms with Gasteiger partial charge < -0.3 is 20.7 Å². The van der Waals surface area contributed by atoms with E-state index >= 15 is 0 Å². The molecule has 0 amide bonds. The van der Waals surface area contributed by atoms with Gasteiger partial charge in [0.2, 0.25) is 5.69 Å². The van der Waals surface area contributed by atoms with E-state index in [9.17, 15) is 4.39 Å². The molecule has 1 spiro atoms. The van der Waals surface area contributed by atoms with Crippen LogP contribution in [0.25, 0.3) is 21.8 Å². The molecule has 1 aromatic heterocycles. The van der Waals surface area contributed by atoms with Crippen LogP contribution < -0.4 is 16.0 Å². The second-order valence-electron chi connectivity index (χ2n) is 11.4. The Morgan fingerprint density at radius 1 is 1.05 bits per heavy atom. The summed E-state index contributed by atoms with van der Waals surface area (Å²) in [6.45, 7) is 10.9. The van der Waals surface area contributed by atoms with Crippen molar-refractivity contribution >= 4 is 17.2 Å². The molecule has 3 aliphatic rings. The van der Waals surface area contributed by atoms with Crippen LogP contribution in [0.5, 0.6) is 0 Å². The van der Waals surface area contributed by atoms with E-state index < -0.39 is 5.82 Å². The first-order chi connectivity index (χ1) is 19.0. The molecule has 6 rings (SSSR count). The number of hydrogen-bond acceptors (Lipinski definition) is 5. The second-order valence-corrected chi connectivity index (χ2v) is 11.4. The quantitative estimate of drug-likeness (QED) is 0.367. The molecule has 8 heteroatoms. The Hall–Kier alpha value is -3.41. The summed E-state index contributed by atoms with van der Waals surface area (Å²) in [5, 5.41) is 8.39. The van der Waals surface area contributed by atoms with Gasteiger partial charge in [-0.2, -0.15) is 0 Å². The van der Waals surface area contributed by atoms with Gasteiger partial charge in [0.1, 0.15) is 11.6 Å². The van der Waals surface area contributed by atoms with E-state index in [1.54, 1.807) is 6.07 Å². The Morgan fingerprint density at radius 2 is 1.85 bits per heavy atom. The fourth-order valence-corrected chi connectivity index (χ4v) is 6.52. The van der Waals surface area contributed by atoms with Crippen LogP contribution in [0.1, 0.15) is 51.4 Å². The van der Waals surface area contributed by atoms with Crippen molar-refractivity contribution in [2.75, 3.05) is 36.5 Å². The molecule has 3 fully saturated rings. The molecule has 1 aliphatic carbocycles. The third-order valence-electron chi connectivity index (χ3n) is 8.79. The summed E-state index contributed by atoms with van der Waals surface area (Å²) < 4.78 is 22.5. The predicted octanol–water partition coefficient (Wildman–Crippen LogP) is 6.31. The molecular formula is C31H37FN6O. The van der Waals surface area contributed by atoms with E-state index in [2.05, 4.69) is 39.3 Å². The number of hydrogen-bond donors (Lipinski definition) is 2. The maximum Gasteiger partial charge on any atom is 0.222 e. The van der Waals surface area contributed by atoms with Crippen LogP contribution >= 0.6 is 0 Å². The molecule has 3 N–H and O–H groups in total. The highest BCUT2D eigenvalue weighted by Crippen LogP contribution is 2.37. The van der Waals surface area contributed by atoms with Crippen LogP contribution in [-0.2, 0) is 4.74 Å². The first-order valence-corrected chi connectivity index (χ1v) is 14.3. The number of nitrogens with two attached hydrogens (primary N) is 1. The summed E-state index contributed by atoms with van der Waals surface area (Å²) in [7, 11) is 0. The number of nitrogens with one attached hydrogen (secondary N) is 1. The lowest BCUT2D eigenvalue weighted by atomic mass is 9.86. The fourth-order valence-electron chi connectivity index (χ4n) is 6.52. The van der Waals surface area contributed by atoms with E-state index in [1.807, 2.05) is 10.7 Å². The molecule has 2 atom stereocenters. The maximum atomic E-state index is 14.6. The number of anilines is 2. The number of benzene rings is 2. The highest BCUT2D eigenvalue weighted by Gasteiger charge is 2.38. The number of aromatic nitrogens is 2. The molecule has 204 valence electrons. The minimum Gasteiger partial charge on any atom is -0.375 e. The number of rotatable bonds is 6. The number of ether oxygens (including phenoxy) is 1. The molecule has 39 heavy (non-hydrogen) atoms. The van der Waals surface area contributed by atoms with Crippen LogP contribution in [0.4, 0.5) is 21.6 Å². The van der Waals surface area contributed by atoms with Gasteiger partial charge >= 0.3 is 0 Å². The van der Waals surface area contributed by atoms with Gasteiger partial charge in [-0.05, 0) is 81.2 Å². The largest absolute Gasteiger partial charge is 0.375 e. The molecule has 0 bridgehead atoms. The number of halogens is 1. The zero-order chi connectivity index (χ0) is 26.8. The summed E-state index contributed by atoms with van der Waals surface area (Å²) in [6.07, 6.45) is 8.97. The molecule has 7 nitrogen and oxygen atoms in total. The van der Waals surface area contributed by atoms with Crippen molar-refractivity contribution in [2.45, 2.75) is 63.0 Å². The van der Waals surface area contributed by atoms with Crippen LogP contribution in [-0.4, -0.2) is 47.7 Å². The van der Waals surface area contributed by atoms with Gasteiger partial charge in [0.15, 0.2) is 0 Å². The van der Waals surface area contributed by atoms with E-state index in [-0.39, 0.29) is 17.3 Å². The standard InChI is InChI=1S/C31H37FN6O/c1-34-28-11-6-23(19-27(28)32)29-20-30(35-21-22-4-2-5-24(33)18-22)36-38(29)26-9-7-25(8-10-26)37-15-13-31(14-16-37)12-3-17-39-31/h6-11,19-20,22,24H,2-5,12-18,21,33H2,(H,35,36)/t22-,24-/m0/s1. The Labute approximate surface area is 230 Å². The van der Waals surface area contributed by atoms with Crippen molar-refractivity contribution in [1.29, 1.82) is 0 Å². The van der Waals surface area contributed by atoms with Crippen molar-refractivity contribution < 1.29 is 9.13 Å². The van der Waals surface area contributed by atoms with Crippen LogP contribution in [0.15, 0.2) is 48.5 Å². The van der Waals surface area contributed by atoms with Crippen molar-refractivity contribution in [1.82, 2.24) is 9.78 Å². The van der Waals surface area contributed by atoms with Crippen LogP contribution in [0, 0.1) is 18.3 Å². The van der Waals surface area contributed by atoms with Gasteiger partial charge in [0.05, 0.1) is 23.6 Å². The first-order valence-electron chi connectivity index (χ1n) is 14.3. The highest BCUT2D eigenvalue weighted by atomic mass is 19.1. The lowest BCUT2D eigenvalue weighted by molar-refractivity contribution is -0.0146. The normalized spacial score (nSPS) is 22.6. The third-order valence-corrected chi connectivity index (χ3v) is 8.79. The van der Waals surface area contributed by atoms with Gasteiger partial charge in [-0.25, -0.2) is 13.9 Å². The molecule has 3 aromatic rings. The molecule has 2 aromatic carbocycles. The average Bonchev–Trinajstić information content (AvgIpc) is 3.60. The smallest absolute Gasteiger partial charge is 0.222 e. The average molecular weight is 529 g/mol. The topological polar surface area (TPSA) is 72.7 Å². The first kappa shape index (κ1) is 25.8. The van der Waals surface area contributed by atoms with Gasteiger partial charge in [-0.1, -0.05) is 18.6 Å². The lowest BCUT2D eigenvalue weighted by Gasteiger charge is -2.39. The van der Waals surface area contributed by atoms with E-state index in [1.165, 1.54) is 37.1 Å². The Morgan fingerprint density at radius 3 is 2.54 bits per heavy atom. The SMILES string of the molecule is [C-]#[N+]c1ccc(-c2cc(NC[C@H]3CCC[C@H](N)C3)nn2-c2ccc(N3CCC4(CCCO4)CC3)cc2)cc1F. The molecule has 0 radical (unpaired) electrons. The Balaban J connectivity index is 1.24. The molecule has 2 saturated heterocycles. The second kappa shape index (κ2) is 11.0. The van der Waals surface area contributed by atoms with Crippen molar-refractivity contribution in [3.63, 3.8) is 0 Å². The van der Waals surface area contributed by atoms with E-state index in [0.717, 1.165) is 75.5 Å². The van der Waals surface area contributed by atoms with E-state index in [4.69, 9.17) is 22.1 Å². The van der Waals surface area contributed by atoms with Crippen LogP contribution in [0.2, 0.25) is 0 Å². The number of nitrogens with zero attached hydrogens (tertiary/aromatic N) is 4. The molecule has 1 saturated carbocycles. The lowest BCUT2D eigenvalue weighted by Crippen LogP contribution is -2.44.